The van der Waals surface area contributed by atoms with Crippen LogP contribution in [0.15, 0.2) is 54.6 Å². The van der Waals surface area contributed by atoms with Gasteiger partial charge in [0.15, 0.2) is 5.11 Å². The van der Waals surface area contributed by atoms with Crippen LogP contribution in [0.4, 0.5) is 8.78 Å². The number of aliphatic hydroxyl groups excluding tert-OH is 1. The van der Waals surface area contributed by atoms with Crippen molar-refractivity contribution in [3.63, 3.8) is 0 Å². The van der Waals surface area contributed by atoms with E-state index in [4.69, 9.17) is 17.0 Å². The minimum absolute atomic E-state index is 0.0574. The average Bonchev–Trinajstić information content (AvgIpc) is 2.75. The van der Waals surface area contributed by atoms with Crippen molar-refractivity contribution in [1.29, 1.82) is 0 Å². The Morgan fingerprint density at radius 3 is 2.60 bits per heavy atom. The molecule has 2 aromatic rings. The standard InChI is InChI=1S/C22H24F2N2O3S/c1-14-11-17(19(27)12-23)22(13-29-14,16-9-5-6-10-18(16)24)26-21(30)25-20(28)15-7-3-2-4-8-15/h2-10,14,17,19,27H,11-13H2,1H3,(H2,25,26,28,30)/t14-,17-,19-,22+/m0/s1. The number of aliphatic hydroxyl groups is 1. The Kier molecular flexibility index (Phi) is 7.12. The molecule has 0 bridgehead atoms. The molecule has 0 aromatic heterocycles. The van der Waals surface area contributed by atoms with Gasteiger partial charge in [0.1, 0.15) is 12.5 Å². The van der Waals surface area contributed by atoms with Gasteiger partial charge in [-0.2, -0.15) is 0 Å². The summed E-state index contributed by atoms with van der Waals surface area (Å²) in [5.41, 5.74) is -0.772. The summed E-state index contributed by atoms with van der Waals surface area (Å²) in [6.45, 7) is 0.745. The Hall–Kier alpha value is -2.42. The van der Waals surface area contributed by atoms with Crippen molar-refractivity contribution in [2.45, 2.75) is 31.1 Å². The summed E-state index contributed by atoms with van der Waals surface area (Å²) in [6, 6.07) is 14.5. The molecule has 2 aromatic carbocycles. The number of amides is 1. The number of alkyl halides is 1. The molecule has 3 N–H and O–H groups in total. The normalized spacial score (nSPS) is 24.7. The van der Waals surface area contributed by atoms with Gasteiger partial charge in [-0.05, 0) is 43.8 Å². The number of nitrogens with one attached hydrogen (secondary N) is 2. The first-order chi connectivity index (χ1) is 14.4. The highest BCUT2D eigenvalue weighted by atomic mass is 32.1. The molecule has 0 unspecified atom stereocenters. The van der Waals surface area contributed by atoms with Crippen molar-refractivity contribution in [1.82, 2.24) is 10.6 Å². The van der Waals surface area contributed by atoms with Crippen LogP contribution in [0.25, 0.3) is 0 Å². The summed E-state index contributed by atoms with van der Waals surface area (Å²) in [6.07, 6.45) is -1.34. The van der Waals surface area contributed by atoms with E-state index in [2.05, 4.69) is 10.6 Å². The minimum atomic E-state index is -1.36. The molecule has 1 aliphatic heterocycles. The van der Waals surface area contributed by atoms with Gasteiger partial charge in [-0.3, -0.25) is 10.1 Å². The van der Waals surface area contributed by atoms with Gasteiger partial charge in [0, 0.05) is 17.0 Å². The maximum atomic E-state index is 14.8. The lowest BCUT2D eigenvalue weighted by atomic mass is 9.71. The van der Waals surface area contributed by atoms with Crippen LogP contribution in [0, 0.1) is 11.7 Å². The molecule has 3 rings (SSSR count). The zero-order chi connectivity index (χ0) is 21.7. The van der Waals surface area contributed by atoms with Crippen LogP contribution in [0.2, 0.25) is 0 Å². The third-order valence-corrected chi connectivity index (χ3v) is 5.60. The Bertz CT molecular complexity index is 899. The molecule has 0 spiro atoms. The zero-order valence-electron chi connectivity index (χ0n) is 16.5. The van der Waals surface area contributed by atoms with Gasteiger partial charge in [0.2, 0.25) is 0 Å². The van der Waals surface area contributed by atoms with E-state index in [1.165, 1.54) is 12.1 Å². The van der Waals surface area contributed by atoms with Crippen molar-refractivity contribution in [3.05, 3.63) is 71.5 Å². The molecule has 0 saturated carbocycles. The third-order valence-electron chi connectivity index (χ3n) is 5.39. The summed E-state index contributed by atoms with van der Waals surface area (Å²) in [7, 11) is 0. The molecule has 1 heterocycles. The van der Waals surface area contributed by atoms with Crippen LogP contribution >= 0.6 is 12.2 Å². The quantitative estimate of drug-likeness (QED) is 0.631. The van der Waals surface area contributed by atoms with E-state index in [0.29, 0.717) is 5.56 Å². The lowest BCUT2D eigenvalue weighted by Gasteiger charge is -2.48. The fourth-order valence-electron chi connectivity index (χ4n) is 3.90. The molecule has 160 valence electrons. The molecule has 1 fully saturated rings. The number of ether oxygens (including phenoxy) is 1. The Balaban J connectivity index is 1.94. The molecule has 1 amide bonds. The number of carbonyl (C=O) groups is 1. The molecule has 1 aliphatic rings. The highest BCUT2D eigenvalue weighted by Gasteiger charge is 2.50. The van der Waals surface area contributed by atoms with Gasteiger partial charge in [0.05, 0.1) is 24.4 Å². The van der Waals surface area contributed by atoms with Crippen LogP contribution in [0.3, 0.4) is 0 Å². The second-order valence-corrected chi connectivity index (χ2v) is 7.82. The lowest BCUT2D eigenvalue weighted by Crippen LogP contribution is -2.63. The number of hydrogen-bond acceptors (Lipinski definition) is 4. The topological polar surface area (TPSA) is 70.6 Å². The van der Waals surface area contributed by atoms with Gasteiger partial charge in [0.25, 0.3) is 5.91 Å². The van der Waals surface area contributed by atoms with Crippen LogP contribution in [0.1, 0.15) is 29.3 Å². The van der Waals surface area contributed by atoms with E-state index in [0.717, 1.165) is 0 Å². The third kappa shape index (κ3) is 4.66. The number of halogens is 2. The second kappa shape index (κ2) is 9.59. The summed E-state index contributed by atoms with van der Waals surface area (Å²) >= 11 is 5.33. The summed E-state index contributed by atoms with van der Waals surface area (Å²) in [5.74, 6) is -1.73. The number of benzene rings is 2. The highest BCUT2D eigenvalue weighted by molar-refractivity contribution is 7.80. The number of carbonyl (C=O) groups excluding carboxylic acids is 1. The van der Waals surface area contributed by atoms with E-state index >= 15 is 0 Å². The molecule has 8 heteroatoms. The largest absolute Gasteiger partial charge is 0.390 e. The van der Waals surface area contributed by atoms with E-state index < -0.39 is 36.0 Å². The predicted molar refractivity (Wildman–Crippen MR) is 113 cm³/mol. The van der Waals surface area contributed by atoms with Crippen molar-refractivity contribution >= 4 is 23.2 Å². The van der Waals surface area contributed by atoms with Gasteiger partial charge in [-0.25, -0.2) is 8.78 Å². The Morgan fingerprint density at radius 1 is 1.27 bits per heavy atom. The molecule has 0 aliphatic carbocycles. The molecular formula is C22H24F2N2O3S. The number of thiocarbonyl (C=S) groups is 1. The fraction of sp³-hybridized carbons (Fsp3) is 0.364. The number of hydrogen-bond donors (Lipinski definition) is 3. The highest BCUT2D eigenvalue weighted by Crippen LogP contribution is 2.41. The molecule has 30 heavy (non-hydrogen) atoms. The fourth-order valence-corrected chi connectivity index (χ4v) is 4.17. The van der Waals surface area contributed by atoms with Crippen LogP contribution in [0.5, 0.6) is 0 Å². The van der Waals surface area contributed by atoms with Crippen molar-refractivity contribution < 1.29 is 23.4 Å². The minimum Gasteiger partial charge on any atom is -0.390 e. The summed E-state index contributed by atoms with van der Waals surface area (Å²) in [4.78, 5) is 12.5. The van der Waals surface area contributed by atoms with Crippen LogP contribution in [-0.4, -0.2) is 41.6 Å². The van der Waals surface area contributed by atoms with Crippen LogP contribution < -0.4 is 10.6 Å². The van der Waals surface area contributed by atoms with E-state index in [-0.39, 0.29) is 29.8 Å². The average molecular weight is 435 g/mol. The molecule has 4 atom stereocenters. The molecule has 0 radical (unpaired) electrons. The van der Waals surface area contributed by atoms with Crippen LogP contribution in [-0.2, 0) is 10.3 Å². The first-order valence-corrected chi connectivity index (χ1v) is 10.1. The maximum absolute atomic E-state index is 14.8. The molecule has 1 saturated heterocycles. The second-order valence-electron chi connectivity index (χ2n) is 7.41. The monoisotopic (exact) mass is 434 g/mol. The van der Waals surface area contributed by atoms with Gasteiger partial charge >= 0.3 is 0 Å². The van der Waals surface area contributed by atoms with E-state index in [1.54, 1.807) is 49.4 Å². The van der Waals surface area contributed by atoms with Crippen molar-refractivity contribution in [2.75, 3.05) is 13.3 Å². The summed E-state index contributed by atoms with van der Waals surface area (Å²) < 4.78 is 34.1. The molecule has 5 nitrogen and oxygen atoms in total. The summed E-state index contributed by atoms with van der Waals surface area (Å²) in [5, 5.41) is 15.9. The van der Waals surface area contributed by atoms with Crippen molar-refractivity contribution in [3.8, 4) is 0 Å². The predicted octanol–water partition coefficient (Wildman–Crippen LogP) is 3.08. The van der Waals surface area contributed by atoms with E-state index in [1.807, 2.05) is 0 Å². The maximum Gasteiger partial charge on any atom is 0.257 e. The zero-order valence-corrected chi connectivity index (χ0v) is 17.3. The first kappa shape index (κ1) is 22.3. The van der Waals surface area contributed by atoms with Crippen molar-refractivity contribution in [2.24, 2.45) is 5.92 Å². The SMILES string of the molecule is C[C@H]1C[C@@H]([C@@H](O)CF)[C@](NC(=S)NC(=O)c2ccccc2)(c2ccccc2F)CO1. The van der Waals surface area contributed by atoms with Gasteiger partial charge in [-0.15, -0.1) is 0 Å². The Labute approximate surface area is 179 Å². The molecular weight excluding hydrogens is 410 g/mol. The Morgan fingerprint density at radius 2 is 1.93 bits per heavy atom. The lowest BCUT2D eigenvalue weighted by molar-refractivity contribution is -0.102. The van der Waals surface area contributed by atoms with Gasteiger partial charge < -0.3 is 15.2 Å². The van der Waals surface area contributed by atoms with E-state index in [9.17, 15) is 18.7 Å². The smallest absolute Gasteiger partial charge is 0.257 e. The first-order valence-electron chi connectivity index (χ1n) is 9.66. The number of rotatable bonds is 5. The van der Waals surface area contributed by atoms with Gasteiger partial charge in [-0.1, -0.05) is 36.4 Å².